The first-order valence-corrected chi connectivity index (χ1v) is 9.84. The van der Waals surface area contributed by atoms with Crippen LogP contribution in [0.1, 0.15) is 40.5 Å². The molecule has 0 radical (unpaired) electrons. The maximum Gasteiger partial charge on any atom is 0.341 e. The van der Waals surface area contributed by atoms with Gasteiger partial charge in [0, 0.05) is 50.6 Å². The van der Waals surface area contributed by atoms with Crippen LogP contribution < -0.4 is 15.1 Å². The summed E-state index contributed by atoms with van der Waals surface area (Å²) in [4.78, 5) is 26.3. The van der Waals surface area contributed by atoms with Crippen molar-refractivity contribution < 1.29 is 19.0 Å². The number of hydrogen-bond donors (Lipinski definition) is 1. The summed E-state index contributed by atoms with van der Waals surface area (Å²) in [6, 6.07) is 1.23. The molecule has 3 aromatic rings. The van der Waals surface area contributed by atoms with E-state index in [1.54, 1.807) is 9.25 Å². The Morgan fingerprint density at radius 3 is 2.77 bits per heavy atom. The zero-order chi connectivity index (χ0) is 21.2. The molecule has 0 bridgehead atoms. The van der Waals surface area contributed by atoms with Crippen LogP contribution in [-0.4, -0.2) is 39.1 Å². The molecule has 2 aromatic heterocycles. The summed E-state index contributed by atoms with van der Waals surface area (Å²) < 4.78 is 24.5. The number of carbonyl (C=O) groups is 1. The standard InChI is InChI=1S/C21H21FN4O4/c1-24-8-11-9-25(6-5-16(11)23-24)18-15(22)7-13-17(20(18)30-2)26(12-3-4-12)10-14(19(13)27)21(28)29/h7-8,10,12H,3-6,9H2,1-2H3,(H,28,29). The van der Waals surface area contributed by atoms with E-state index in [0.717, 1.165) is 30.2 Å². The van der Waals surface area contributed by atoms with Crippen molar-refractivity contribution in [3.8, 4) is 5.75 Å². The summed E-state index contributed by atoms with van der Waals surface area (Å²) in [5.41, 5.74) is 1.69. The highest BCUT2D eigenvalue weighted by molar-refractivity contribution is 5.97. The SMILES string of the molecule is COc1c(N2CCc3nn(C)cc3C2)c(F)cc2c(=O)c(C(=O)O)cn(C3CC3)c12. The summed E-state index contributed by atoms with van der Waals surface area (Å²) in [5.74, 6) is -1.66. The Bertz CT molecular complexity index is 1260. The van der Waals surface area contributed by atoms with Gasteiger partial charge in [-0.2, -0.15) is 5.10 Å². The number of fused-ring (bicyclic) bond motifs is 2. The second kappa shape index (κ2) is 6.58. The fourth-order valence-corrected chi connectivity index (χ4v) is 4.37. The lowest BCUT2D eigenvalue weighted by atomic mass is 10.0. The van der Waals surface area contributed by atoms with Crippen molar-refractivity contribution in [3.05, 3.63) is 51.3 Å². The van der Waals surface area contributed by atoms with Gasteiger partial charge in [-0.1, -0.05) is 0 Å². The van der Waals surface area contributed by atoms with Gasteiger partial charge in [0.05, 0.1) is 23.7 Å². The lowest BCUT2D eigenvalue weighted by Crippen LogP contribution is -2.31. The monoisotopic (exact) mass is 412 g/mol. The fourth-order valence-electron chi connectivity index (χ4n) is 4.37. The van der Waals surface area contributed by atoms with Crippen LogP contribution in [0.4, 0.5) is 10.1 Å². The Kier molecular flexibility index (Phi) is 4.09. The average molecular weight is 412 g/mol. The normalized spacial score (nSPS) is 16.0. The van der Waals surface area contributed by atoms with Crippen molar-refractivity contribution in [2.75, 3.05) is 18.6 Å². The molecule has 5 rings (SSSR count). The van der Waals surface area contributed by atoms with Gasteiger partial charge in [-0.3, -0.25) is 9.48 Å². The van der Waals surface area contributed by atoms with E-state index in [-0.39, 0.29) is 28.4 Å². The van der Waals surface area contributed by atoms with Crippen LogP contribution in [0.2, 0.25) is 0 Å². The van der Waals surface area contributed by atoms with E-state index in [9.17, 15) is 14.7 Å². The molecule has 156 valence electrons. The van der Waals surface area contributed by atoms with Crippen LogP contribution in [0, 0.1) is 5.82 Å². The fraction of sp³-hybridized carbons (Fsp3) is 0.381. The van der Waals surface area contributed by atoms with E-state index in [0.29, 0.717) is 25.0 Å². The topological polar surface area (TPSA) is 89.6 Å². The highest BCUT2D eigenvalue weighted by Gasteiger charge is 2.32. The third kappa shape index (κ3) is 2.76. The van der Waals surface area contributed by atoms with Gasteiger partial charge in [0.25, 0.3) is 0 Å². The van der Waals surface area contributed by atoms with E-state index < -0.39 is 17.2 Å². The molecule has 1 N–H and O–H groups in total. The highest BCUT2D eigenvalue weighted by Crippen LogP contribution is 2.44. The minimum Gasteiger partial charge on any atom is -0.492 e. The summed E-state index contributed by atoms with van der Waals surface area (Å²) in [6.45, 7) is 1.03. The molecule has 9 heteroatoms. The second-order valence-electron chi connectivity index (χ2n) is 7.90. The van der Waals surface area contributed by atoms with E-state index in [2.05, 4.69) is 5.10 Å². The number of pyridine rings is 1. The van der Waals surface area contributed by atoms with Crippen LogP contribution in [-0.2, 0) is 20.0 Å². The van der Waals surface area contributed by atoms with Gasteiger partial charge in [0.1, 0.15) is 11.3 Å². The number of carboxylic acids is 1. The number of ether oxygens (including phenoxy) is 1. The van der Waals surface area contributed by atoms with Gasteiger partial charge < -0.3 is 19.3 Å². The van der Waals surface area contributed by atoms with Gasteiger partial charge in [-0.05, 0) is 18.9 Å². The molecule has 1 fully saturated rings. The molecule has 1 saturated carbocycles. The smallest absolute Gasteiger partial charge is 0.341 e. The number of aryl methyl sites for hydroxylation is 1. The predicted molar refractivity (Wildman–Crippen MR) is 108 cm³/mol. The molecule has 1 aliphatic heterocycles. The molecule has 1 aliphatic carbocycles. The Morgan fingerprint density at radius 1 is 1.33 bits per heavy atom. The first kappa shape index (κ1) is 18.7. The number of aromatic nitrogens is 3. The van der Waals surface area contributed by atoms with Gasteiger partial charge in [0.15, 0.2) is 11.6 Å². The molecule has 1 aromatic carbocycles. The Labute approximate surface area is 171 Å². The quantitative estimate of drug-likeness (QED) is 0.708. The van der Waals surface area contributed by atoms with Crippen LogP contribution >= 0.6 is 0 Å². The number of methoxy groups -OCH3 is 1. The van der Waals surface area contributed by atoms with Gasteiger partial charge >= 0.3 is 5.97 Å². The Morgan fingerprint density at radius 2 is 2.10 bits per heavy atom. The molecule has 0 unspecified atom stereocenters. The van der Waals surface area contributed by atoms with Crippen molar-refractivity contribution in [2.45, 2.75) is 31.8 Å². The third-order valence-corrected chi connectivity index (χ3v) is 5.86. The lowest BCUT2D eigenvalue weighted by molar-refractivity contribution is 0.0695. The van der Waals surface area contributed by atoms with E-state index >= 15 is 4.39 Å². The summed E-state index contributed by atoms with van der Waals surface area (Å²) >= 11 is 0. The third-order valence-electron chi connectivity index (χ3n) is 5.86. The van der Waals surface area contributed by atoms with Gasteiger partial charge in [-0.25, -0.2) is 9.18 Å². The van der Waals surface area contributed by atoms with Gasteiger partial charge in [0.2, 0.25) is 5.43 Å². The number of aromatic carboxylic acids is 1. The maximum atomic E-state index is 15.4. The second-order valence-corrected chi connectivity index (χ2v) is 7.90. The molecule has 3 heterocycles. The van der Waals surface area contributed by atoms with E-state index in [1.165, 1.54) is 13.3 Å². The van der Waals surface area contributed by atoms with Crippen LogP contribution in [0.25, 0.3) is 10.9 Å². The predicted octanol–water partition coefficient (Wildman–Crippen LogP) is 2.48. The van der Waals surface area contributed by atoms with Crippen molar-refractivity contribution in [1.29, 1.82) is 0 Å². The number of carboxylic acid groups (broad SMARTS) is 1. The van der Waals surface area contributed by atoms with Crippen LogP contribution in [0.5, 0.6) is 5.75 Å². The average Bonchev–Trinajstić information content (AvgIpc) is 3.47. The van der Waals surface area contributed by atoms with Crippen LogP contribution in [0.3, 0.4) is 0 Å². The van der Waals surface area contributed by atoms with Crippen LogP contribution in [0.15, 0.2) is 23.3 Å². The molecule has 0 atom stereocenters. The highest BCUT2D eigenvalue weighted by atomic mass is 19.1. The maximum absolute atomic E-state index is 15.4. The summed E-state index contributed by atoms with van der Waals surface area (Å²) in [7, 11) is 3.30. The minimum atomic E-state index is -1.32. The number of halogens is 1. The number of rotatable bonds is 4. The zero-order valence-electron chi connectivity index (χ0n) is 16.7. The number of benzene rings is 1. The molecule has 0 spiro atoms. The molecular weight excluding hydrogens is 391 g/mol. The van der Waals surface area contributed by atoms with Crippen molar-refractivity contribution in [3.63, 3.8) is 0 Å². The first-order chi connectivity index (χ1) is 14.4. The molecule has 0 amide bonds. The largest absolute Gasteiger partial charge is 0.492 e. The first-order valence-electron chi connectivity index (χ1n) is 9.84. The number of nitrogens with zero attached hydrogens (tertiary/aromatic N) is 4. The number of anilines is 1. The van der Waals surface area contributed by atoms with Crippen molar-refractivity contribution in [2.24, 2.45) is 7.05 Å². The summed E-state index contributed by atoms with van der Waals surface area (Å²) in [6.07, 6.45) is 5.70. The lowest BCUT2D eigenvalue weighted by Gasteiger charge is -2.30. The molecular formula is C21H21FN4O4. The van der Waals surface area contributed by atoms with Crippen molar-refractivity contribution >= 4 is 22.6 Å². The molecule has 2 aliphatic rings. The summed E-state index contributed by atoms with van der Waals surface area (Å²) in [5, 5.41) is 13.9. The van der Waals surface area contributed by atoms with Crippen molar-refractivity contribution in [1.82, 2.24) is 14.3 Å². The van der Waals surface area contributed by atoms with E-state index in [1.807, 2.05) is 18.1 Å². The Hall–Kier alpha value is -3.36. The molecule has 30 heavy (non-hydrogen) atoms. The zero-order valence-corrected chi connectivity index (χ0v) is 16.7. The Balaban J connectivity index is 1.75. The molecule has 8 nitrogen and oxygen atoms in total. The number of hydrogen-bond acceptors (Lipinski definition) is 5. The molecule has 0 saturated heterocycles. The van der Waals surface area contributed by atoms with Gasteiger partial charge in [-0.15, -0.1) is 0 Å². The minimum absolute atomic E-state index is 0.0268. The van der Waals surface area contributed by atoms with E-state index in [4.69, 9.17) is 4.74 Å².